The van der Waals surface area contributed by atoms with Crippen molar-refractivity contribution in [1.82, 2.24) is 9.97 Å². The molecule has 2 rings (SSSR count). The Hall–Kier alpha value is -2.11. The molecule has 1 N–H and O–H groups in total. The van der Waals surface area contributed by atoms with Crippen LogP contribution < -0.4 is 5.32 Å². The van der Waals surface area contributed by atoms with Crippen LogP contribution >= 0.6 is 0 Å². The first-order chi connectivity index (χ1) is 8.61. The molecule has 0 radical (unpaired) electrons. The number of hydrogen-bond donors (Lipinski definition) is 1. The molecule has 94 valence electrons. The van der Waals surface area contributed by atoms with Crippen molar-refractivity contribution in [2.75, 3.05) is 11.9 Å². The van der Waals surface area contributed by atoms with Gasteiger partial charge in [-0.25, -0.2) is 23.1 Å². The molecule has 0 amide bonds. The maximum Gasteiger partial charge on any atom is 0.223 e. The van der Waals surface area contributed by atoms with Gasteiger partial charge in [-0.3, -0.25) is 0 Å². The minimum atomic E-state index is -1.49. The Labute approximate surface area is 102 Å². The van der Waals surface area contributed by atoms with E-state index >= 15 is 0 Å². The summed E-state index contributed by atoms with van der Waals surface area (Å²) in [5, 5.41) is 2.87. The molecule has 6 heteroatoms. The highest BCUT2D eigenvalue weighted by molar-refractivity contribution is 5.60. The average molecular weight is 253 g/mol. The largest absolute Gasteiger partial charge is 0.354 e. The van der Waals surface area contributed by atoms with E-state index in [1.165, 1.54) is 12.3 Å². The van der Waals surface area contributed by atoms with E-state index in [-0.39, 0.29) is 5.56 Å². The molecule has 1 heterocycles. The Bertz CT molecular complexity index is 549. The van der Waals surface area contributed by atoms with Crippen LogP contribution in [0.4, 0.5) is 19.1 Å². The van der Waals surface area contributed by atoms with Crippen LogP contribution in [0.5, 0.6) is 0 Å². The lowest BCUT2D eigenvalue weighted by atomic mass is 10.1. The van der Waals surface area contributed by atoms with Crippen LogP contribution in [0, 0.1) is 17.5 Å². The van der Waals surface area contributed by atoms with E-state index in [0.29, 0.717) is 18.2 Å². The molecule has 1 aromatic carbocycles. The number of benzene rings is 1. The first-order valence-corrected chi connectivity index (χ1v) is 5.33. The lowest BCUT2D eigenvalue weighted by Gasteiger charge is -2.05. The summed E-state index contributed by atoms with van der Waals surface area (Å²) in [7, 11) is 0. The third-order valence-corrected chi connectivity index (χ3v) is 2.27. The summed E-state index contributed by atoms with van der Waals surface area (Å²) >= 11 is 0. The zero-order valence-electron chi connectivity index (χ0n) is 9.54. The number of anilines is 1. The molecule has 0 aliphatic rings. The standard InChI is InChI=1S/C12H10F3N3/c1-2-16-12-17-4-3-10(18-12)7-5-8(13)11(15)9(14)6-7/h3-6H,2H2,1H3,(H,16,17,18). The molecule has 0 spiro atoms. The van der Waals surface area contributed by atoms with Crippen molar-refractivity contribution in [3.8, 4) is 11.3 Å². The Morgan fingerprint density at radius 2 is 1.83 bits per heavy atom. The maximum atomic E-state index is 13.1. The minimum absolute atomic E-state index is 0.160. The fourth-order valence-electron chi connectivity index (χ4n) is 1.47. The molecular formula is C12H10F3N3. The summed E-state index contributed by atoms with van der Waals surface area (Å²) < 4.78 is 39.0. The van der Waals surface area contributed by atoms with Crippen molar-refractivity contribution in [3.05, 3.63) is 41.8 Å². The summed E-state index contributed by atoms with van der Waals surface area (Å²) in [6, 6.07) is 3.29. The Morgan fingerprint density at radius 3 is 2.44 bits per heavy atom. The lowest BCUT2D eigenvalue weighted by Crippen LogP contribution is -2.02. The molecule has 0 aliphatic heterocycles. The molecule has 18 heavy (non-hydrogen) atoms. The van der Waals surface area contributed by atoms with Gasteiger partial charge >= 0.3 is 0 Å². The second kappa shape index (κ2) is 5.03. The van der Waals surface area contributed by atoms with Gasteiger partial charge in [0.15, 0.2) is 17.5 Å². The van der Waals surface area contributed by atoms with Gasteiger partial charge in [0.25, 0.3) is 0 Å². The maximum absolute atomic E-state index is 13.1. The molecule has 0 saturated heterocycles. The van der Waals surface area contributed by atoms with Crippen LogP contribution in [-0.2, 0) is 0 Å². The number of halogens is 3. The molecule has 0 aliphatic carbocycles. The van der Waals surface area contributed by atoms with Crippen LogP contribution in [0.1, 0.15) is 6.92 Å². The highest BCUT2D eigenvalue weighted by Gasteiger charge is 2.12. The topological polar surface area (TPSA) is 37.8 Å². The molecular weight excluding hydrogens is 243 g/mol. The van der Waals surface area contributed by atoms with Crippen molar-refractivity contribution >= 4 is 5.95 Å². The Morgan fingerprint density at radius 1 is 1.17 bits per heavy atom. The first kappa shape index (κ1) is 12.3. The van der Waals surface area contributed by atoms with E-state index in [2.05, 4.69) is 15.3 Å². The average Bonchev–Trinajstić information content (AvgIpc) is 2.36. The summed E-state index contributed by atoms with van der Waals surface area (Å²) in [5.74, 6) is -3.62. The van der Waals surface area contributed by atoms with Crippen molar-refractivity contribution in [3.63, 3.8) is 0 Å². The van der Waals surface area contributed by atoms with Crippen molar-refractivity contribution in [2.24, 2.45) is 0 Å². The Balaban J connectivity index is 2.45. The van der Waals surface area contributed by atoms with Gasteiger partial charge < -0.3 is 5.32 Å². The van der Waals surface area contributed by atoms with Gasteiger partial charge in [0.2, 0.25) is 5.95 Å². The van der Waals surface area contributed by atoms with Gasteiger partial charge in [-0.15, -0.1) is 0 Å². The predicted octanol–water partition coefficient (Wildman–Crippen LogP) is 2.99. The number of nitrogens with zero attached hydrogens (tertiary/aromatic N) is 2. The zero-order valence-corrected chi connectivity index (χ0v) is 9.54. The lowest BCUT2D eigenvalue weighted by molar-refractivity contribution is 0.447. The number of nitrogens with one attached hydrogen (secondary N) is 1. The van der Waals surface area contributed by atoms with Crippen LogP contribution in [0.25, 0.3) is 11.3 Å². The van der Waals surface area contributed by atoms with E-state index in [9.17, 15) is 13.2 Å². The Kier molecular flexibility index (Phi) is 3.45. The highest BCUT2D eigenvalue weighted by Crippen LogP contribution is 2.22. The van der Waals surface area contributed by atoms with Gasteiger partial charge in [-0.1, -0.05) is 0 Å². The monoisotopic (exact) mass is 253 g/mol. The molecule has 3 nitrogen and oxygen atoms in total. The van der Waals surface area contributed by atoms with Gasteiger partial charge in [0, 0.05) is 18.3 Å². The number of hydrogen-bond acceptors (Lipinski definition) is 3. The molecule has 1 aromatic heterocycles. The first-order valence-electron chi connectivity index (χ1n) is 5.33. The van der Waals surface area contributed by atoms with Gasteiger partial charge in [-0.05, 0) is 25.1 Å². The second-order valence-electron chi connectivity index (χ2n) is 3.55. The minimum Gasteiger partial charge on any atom is -0.354 e. The summed E-state index contributed by atoms with van der Waals surface area (Å²) in [4.78, 5) is 8.00. The zero-order chi connectivity index (χ0) is 13.1. The van der Waals surface area contributed by atoms with Gasteiger partial charge in [-0.2, -0.15) is 0 Å². The fraction of sp³-hybridized carbons (Fsp3) is 0.167. The van der Waals surface area contributed by atoms with Crippen molar-refractivity contribution in [1.29, 1.82) is 0 Å². The van der Waals surface area contributed by atoms with Crippen LogP contribution in [0.3, 0.4) is 0 Å². The second-order valence-corrected chi connectivity index (χ2v) is 3.55. The molecule has 0 fully saturated rings. The molecule has 0 atom stereocenters. The SMILES string of the molecule is CCNc1nccc(-c2cc(F)c(F)c(F)c2)n1. The van der Waals surface area contributed by atoms with Gasteiger partial charge in [0.05, 0.1) is 5.69 Å². The van der Waals surface area contributed by atoms with E-state index < -0.39 is 17.5 Å². The van der Waals surface area contributed by atoms with E-state index in [4.69, 9.17) is 0 Å². The third-order valence-electron chi connectivity index (χ3n) is 2.27. The normalized spacial score (nSPS) is 10.4. The highest BCUT2D eigenvalue weighted by atomic mass is 19.2. The third kappa shape index (κ3) is 2.42. The molecule has 0 unspecified atom stereocenters. The van der Waals surface area contributed by atoms with E-state index in [0.717, 1.165) is 12.1 Å². The van der Waals surface area contributed by atoms with Crippen LogP contribution in [-0.4, -0.2) is 16.5 Å². The van der Waals surface area contributed by atoms with Crippen LogP contribution in [0.15, 0.2) is 24.4 Å². The molecule has 0 bridgehead atoms. The molecule has 2 aromatic rings. The predicted molar refractivity (Wildman–Crippen MR) is 61.5 cm³/mol. The summed E-state index contributed by atoms with van der Waals surface area (Å²) in [6.07, 6.45) is 1.46. The van der Waals surface area contributed by atoms with Crippen LogP contribution in [0.2, 0.25) is 0 Å². The molecule has 0 saturated carbocycles. The van der Waals surface area contributed by atoms with Gasteiger partial charge in [0.1, 0.15) is 0 Å². The van der Waals surface area contributed by atoms with Crippen molar-refractivity contribution in [2.45, 2.75) is 6.92 Å². The summed E-state index contributed by atoms with van der Waals surface area (Å²) in [6.45, 7) is 2.49. The summed E-state index contributed by atoms with van der Waals surface area (Å²) in [5.41, 5.74) is 0.478. The van der Waals surface area contributed by atoms with E-state index in [1.54, 1.807) is 0 Å². The number of aromatic nitrogens is 2. The van der Waals surface area contributed by atoms with E-state index in [1.807, 2.05) is 6.92 Å². The number of rotatable bonds is 3. The fourth-order valence-corrected chi connectivity index (χ4v) is 1.47. The quantitative estimate of drug-likeness (QED) is 0.854. The van der Waals surface area contributed by atoms with Crippen molar-refractivity contribution < 1.29 is 13.2 Å². The smallest absolute Gasteiger partial charge is 0.223 e.